The molecule has 5 nitrogen and oxygen atoms in total. The van der Waals surface area contributed by atoms with Crippen LogP contribution < -0.4 is 5.32 Å². The third kappa shape index (κ3) is 4.18. The predicted molar refractivity (Wildman–Crippen MR) is 98.2 cm³/mol. The summed E-state index contributed by atoms with van der Waals surface area (Å²) >= 11 is 0. The lowest BCUT2D eigenvalue weighted by Crippen LogP contribution is -2.50. The summed E-state index contributed by atoms with van der Waals surface area (Å²) in [4.78, 5) is 19.0. The average Bonchev–Trinajstić information content (AvgIpc) is 3.04. The fraction of sp³-hybridized carbons (Fsp3) is 0.300. The van der Waals surface area contributed by atoms with E-state index in [2.05, 4.69) is 24.2 Å². The summed E-state index contributed by atoms with van der Waals surface area (Å²) in [7, 11) is 0. The number of rotatable bonds is 5. The standard InChI is InChI=1S/C20H23N3O2/c1-15(2)23-18(22-19(24)17-11-7-4-8-12-17)14-25-20(23)21-13-16-9-5-3-6-10-16/h3-12,15,18H,13-14H2,1-2H3,(H,22,24). The van der Waals surface area contributed by atoms with Crippen LogP contribution in [0.1, 0.15) is 29.8 Å². The predicted octanol–water partition coefficient (Wildman–Crippen LogP) is 3.04. The first kappa shape index (κ1) is 17.0. The monoisotopic (exact) mass is 337 g/mol. The van der Waals surface area contributed by atoms with E-state index in [4.69, 9.17) is 4.74 Å². The lowest BCUT2D eigenvalue weighted by atomic mass is 10.2. The number of ether oxygens (including phenoxy) is 1. The summed E-state index contributed by atoms with van der Waals surface area (Å²) in [6.45, 7) is 5.08. The maximum atomic E-state index is 12.4. The minimum absolute atomic E-state index is 0.107. The average molecular weight is 337 g/mol. The van der Waals surface area contributed by atoms with Gasteiger partial charge in [-0.1, -0.05) is 48.5 Å². The van der Waals surface area contributed by atoms with E-state index in [1.165, 1.54) is 0 Å². The Morgan fingerprint density at radius 1 is 1.16 bits per heavy atom. The molecule has 1 amide bonds. The molecule has 5 heteroatoms. The van der Waals surface area contributed by atoms with E-state index in [1.807, 2.05) is 53.4 Å². The Morgan fingerprint density at radius 3 is 2.44 bits per heavy atom. The summed E-state index contributed by atoms with van der Waals surface area (Å²) in [5, 5.41) is 3.04. The SMILES string of the molecule is CC(C)N1C(=NCc2ccccc2)OCC1NC(=O)c1ccccc1. The van der Waals surface area contributed by atoms with E-state index in [0.717, 1.165) is 5.56 Å². The highest BCUT2D eigenvalue weighted by molar-refractivity contribution is 5.94. The summed E-state index contributed by atoms with van der Waals surface area (Å²) < 4.78 is 5.76. The van der Waals surface area contributed by atoms with Crippen LogP contribution in [0.2, 0.25) is 0 Å². The molecule has 0 radical (unpaired) electrons. The summed E-state index contributed by atoms with van der Waals surface area (Å²) in [6.07, 6.45) is -0.220. The number of nitrogens with zero attached hydrogens (tertiary/aromatic N) is 2. The van der Waals surface area contributed by atoms with Crippen molar-refractivity contribution in [2.75, 3.05) is 6.61 Å². The lowest BCUT2D eigenvalue weighted by molar-refractivity contribution is 0.0894. The van der Waals surface area contributed by atoms with Gasteiger partial charge in [-0.05, 0) is 31.5 Å². The third-order valence-corrected chi connectivity index (χ3v) is 4.06. The number of hydrogen-bond donors (Lipinski definition) is 1. The maximum Gasteiger partial charge on any atom is 0.289 e. The van der Waals surface area contributed by atoms with Crippen LogP contribution in [0, 0.1) is 0 Å². The molecule has 2 aromatic rings. The number of hydrogen-bond acceptors (Lipinski definition) is 3. The fourth-order valence-electron chi connectivity index (χ4n) is 2.83. The first-order valence-electron chi connectivity index (χ1n) is 8.50. The first-order valence-corrected chi connectivity index (χ1v) is 8.50. The quantitative estimate of drug-likeness (QED) is 0.912. The maximum absolute atomic E-state index is 12.4. The van der Waals surface area contributed by atoms with Crippen LogP contribution in [0.4, 0.5) is 0 Å². The van der Waals surface area contributed by atoms with Crippen molar-refractivity contribution in [3.63, 3.8) is 0 Å². The van der Waals surface area contributed by atoms with Crippen molar-refractivity contribution in [3.8, 4) is 0 Å². The van der Waals surface area contributed by atoms with E-state index in [-0.39, 0.29) is 18.1 Å². The molecule has 3 rings (SSSR count). The first-order chi connectivity index (χ1) is 12.1. The molecule has 0 spiro atoms. The molecule has 1 aliphatic heterocycles. The zero-order valence-electron chi connectivity index (χ0n) is 14.6. The van der Waals surface area contributed by atoms with Crippen molar-refractivity contribution < 1.29 is 9.53 Å². The van der Waals surface area contributed by atoms with Gasteiger partial charge in [0, 0.05) is 11.6 Å². The summed E-state index contributed by atoms with van der Waals surface area (Å²) in [5.41, 5.74) is 1.76. The Labute approximate surface area is 148 Å². The van der Waals surface area contributed by atoms with Gasteiger partial charge in [-0.25, -0.2) is 4.99 Å². The molecule has 1 atom stereocenters. The van der Waals surface area contributed by atoms with Crippen molar-refractivity contribution in [3.05, 3.63) is 71.8 Å². The van der Waals surface area contributed by atoms with Gasteiger partial charge >= 0.3 is 0 Å². The summed E-state index contributed by atoms with van der Waals surface area (Å²) in [6, 6.07) is 20.0. The molecular weight excluding hydrogens is 314 g/mol. The highest BCUT2D eigenvalue weighted by Crippen LogP contribution is 2.16. The van der Waals surface area contributed by atoms with Gasteiger partial charge in [-0.3, -0.25) is 4.79 Å². The zero-order chi connectivity index (χ0) is 17.6. The van der Waals surface area contributed by atoms with Crippen molar-refractivity contribution in [2.45, 2.75) is 32.6 Å². The van der Waals surface area contributed by atoms with E-state index in [0.29, 0.717) is 24.7 Å². The molecule has 1 saturated heterocycles. The molecule has 1 N–H and O–H groups in total. The number of carbonyl (C=O) groups excluding carboxylic acids is 1. The van der Waals surface area contributed by atoms with E-state index >= 15 is 0 Å². The molecule has 25 heavy (non-hydrogen) atoms. The van der Waals surface area contributed by atoms with Gasteiger partial charge in [0.25, 0.3) is 11.9 Å². The van der Waals surface area contributed by atoms with Gasteiger partial charge < -0.3 is 15.0 Å². The normalized spacial score (nSPS) is 18.4. The molecule has 2 aromatic carbocycles. The van der Waals surface area contributed by atoms with Gasteiger partial charge in [-0.2, -0.15) is 0 Å². The molecule has 0 saturated carbocycles. The van der Waals surface area contributed by atoms with Gasteiger partial charge in [0.15, 0.2) is 0 Å². The fourth-order valence-corrected chi connectivity index (χ4v) is 2.83. The molecule has 0 aliphatic carbocycles. The molecule has 1 fully saturated rings. The number of aliphatic imine (C=N–C) groups is 1. The molecule has 130 valence electrons. The summed E-state index contributed by atoms with van der Waals surface area (Å²) in [5.74, 6) is -0.107. The minimum Gasteiger partial charge on any atom is -0.461 e. The van der Waals surface area contributed by atoms with Gasteiger partial charge in [0.2, 0.25) is 0 Å². The Hall–Kier alpha value is -2.82. The highest BCUT2D eigenvalue weighted by atomic mass is 16.5. The number of nitrogens with one attached hydrogen (secondary N) is 1. The second kappa shape index (κ2) is 7.83. The Balaban J connectivity index is 1.70. The van der Waals surface area contributed by atoms with Gasteiger partial charge in [0.1, 0.15) is 12.8 Å². The van der Waals surface area contributed by atoms with Crippen molar-refractivity contribution >= 4 is 11.9 Å². The lowest BCUT2D eigenvalue weighted by Gasteiger charge is -2.27. The molecule has 0 aromatic heterocycles. The second-order valence-electron chi connectivity index (χ2n) is 6.25. The van der Waals surface area contributed by atoms with Crippen molar-refractivity contribution in [2.24, 2.45) is 4.99 Å². The van der Waals surface area contributed by atoms with Crippen LogP contribution in [0.3, 0.4) is 0 Å². The van der Waals surface area contributed by atoms with E-state index in [1.54, 1.807) is 12.1 Å². The van der Waals surface area contributed by atoms with Gasteiger partial charge in [0.05, 0.1) is 6.54 Å². The second-order valence-corrected chi connectivity index (χ2v) is 6.25. The van der Waals surface area contributed by atoms with Crippen LogP contribution in [-0.2, 0) is 11.3 Å². The van der Waals surface area contributed by atoms with E-state index < -0.39 is 0 Å². The molecule has 0 bridgehead atoms. The largest absolute Gasteiger partial charge is 0.461 e. The number of amidine groups is 1. The molecular formula is C20H23N3O2. The number of amides is 1. The number of benzene rings is 2. The Kier molecular flexibility index (Phi) is 5.33. The van der Waals surface area contributed by atoms with Crippen molar-refractivity contribution in [1.29, 1.82) is 0 Å². The Morgan fingerprint density at radius 2 is 1.80 bits per heavy atom. The smallest absolute Gasteiger partial charge is 0.289 e. The van der Waals surface area contributed by atoms with Crippen LogP contribution in [0.5, 0.6) is 0 Å². The third-order valence-electron chi connectivity index (χ3n) is 4.06. The number of carbonyl (C=O) groups is 1. The minimum atomic E-state index is -0.220. The van der Waals surface area contributed by atoms with Gasteiger partial charge in [-0.15, -0.1) is 0 Å². The molecule has 1 aliphatic rings. The van der Waals surface area contributed by atoms with Crippen molar-refractivity contribution in [1.82, 2.24) is 10.2 Å². The van der Waals surface area contributed by atoms with Crippen LogP contribution in [0.15, 0.2) is 65.7 Å². The van der Waals surface area contributed by atoms with E-state index in [9.17, 15) is 4.79 Å². The Bertz CT molecular complexity index is 729. The molecule has 1 heterocycles. The highest BCUT2D eigenvalue weighted by Gasteiger charge is 2.34. The van der Waals surface area contributed by atoms with Crippen LogP contribution in [0.25, 0.3) is 0 Å². The topological polar surface area (TPSA) is 53.9 Å². The van der Waals surface area contributed by atoms with Crippen LogP contribution >= 0.6 is 0 Å². The van der Waals surface area contributed by atoms with Crippen LogP contribution in [-0.4, -0.2) is 35.6 Å². The zero-order valence-corrected chi connectivity index (χ0v) is 14.6. The molecule has 1 unspecified atom stereocenters.